The van der Waals surface area contributed by atoms with E-state index >= 15 is 0 Å². The SMILES string of the molecule is CO[C@](C)(COC(C)=O)C(C(=O)O)N1CCC1=O. The van der Waals surface area contributed by atoms with E-state index in [0.717, 1.165) is 0 Å². The Kier molecular flexibility index (Phi) is 4.28. The summed E-state index contributed by atoms with van der Waals surface area (Å²) >= 11 is 0. The van der Waals surface area contributed by atoms with Crippen molar-refractivity contribution >= 4 is 17.8 Å². The quantitative estimate of drug-likeness (QED) is 0.517. The van der Waals surface area contributed by atoms with Crippen LogP contribution in [-0.2, 0) is 23.9 Å². The number of carboxylic acid groups (broad SMARTS) is 1. The zero-order valence-corrected chi connectivity index (χ0v) is 10.6. The van der Waals surface area contributed by atoms with Gasteiger partial charge in [0.2, 0.25) is 5.91 Å². The second-order valence-corrected chi connectivity index (χ2v) is 4.37. The second-order valence-electron chi connectivity index (χ2n) is 4.37. The van der Waals surface area contributed by atoms with Crippen LogP contribution in [-0.4, -0.2) is 59.8 Å². The zero-order valence-electron chi connectivity index (χ0n) is 10.6. The smallest absolute Gasteiger partial charge is 0.329 e. The number of methoxy groups -OCH3 is 1. The molecule has 102 valence electrons. The van der Waals surface area contributed by atoms with Crippen molar-refractivity contribution in [1.82, 2.24) is 4.90 Å². The predicted molar refractivity (Wildman–Crippen MR) is 59.8 cm³/mol. The van der Waals surface area contributed by atoms with Gasteiger partial charge in [-0.15, -0.1) is 0 Å². The van der Waals surface area contributed by atoms with Crippen LogP contribution in [0, 0.1) is 0 Å². The van der Waals surface area contributed by atoms with E-state index in [4.69, 9.17) is 9.47 Å². The Morgan fingerprint density at radius 3 is 2.44 bits per heavy atom. The van der Waals surface area contributed by atoms with E-state index in [1.165, 1.54) is 25.9 Å². The first-order valence-electron chi connectivity index (χ1n) is 5.52. The molecule has 1 N–H and O–H groups in total. The number of likely N-dealkylation sites (tertiary alicyclic amines) is 1. The molecule has 0 saturated carbocycles. The fourth-order valence-corrected chi connectivity index (χ4v) is 1.82. The van der Waals surface area contributed by atoms with E-state index < -0.39 is 23.6 Å². The first kappa shape index (κ1) is 14.4. The third-order valence-corrected chi connectivity index (χ3v) is 3.04. The summed E-state index contributed by atoms with van der Waals surface area (Å²) in [6, 6.07) is -1.16. The van der Waals surface area contributed by atoms with Gasteiger partial charge in [0.15, 0.2) is 6.04 Å². The molecule has 1 heterocycles. The lowest BCUT2D eigenvalue weighted by molar-refractivity contribution is -0.180. The number of hydrogen-bond acceptors (Lipinski definition) is 5. The average Bonchev–Trinajstić information content (AvgIpc) is 2.30. The summed E-state index contributed by atoms with van der Waals surface area (Å²) in [6.45, 7) is 2.87. The van der Waals surface area contributed by atoms with Crippen molar-refractivity contribution < 1.29 is 29.0 Å². The van der Waals surface area contributed by atoms with Gasteiger partial charge in [0, 0.05) is 27.0 Å². The highest BCUT2D eigenvalue weighted by Gasteiger charge is 2.49. The highest BCUT2D eigenvalue weighted by Crippen LogP contribution is 2.26. The van der Waals surface area contributed by atoms with Gasteiger partial charge < -0.3 is 19.5 Å². The van der Waals surface area contributed by atoms with Crippen LogP contribution in [0.4, 0.5) is 0 Å². The summed E-state index contributed by atoms with van der Waals surface area (Å²) < 4.78 is 9.98. The molecular weight excluding hydrogens is 242 g/mol. The van der Waals surface area contributed by atoms with Crippen molar-refractivity contribution in [3.05, 3.63) is 0 Å². The molecule has 7 heteroatoms. The number of carbonyl (C=O) groups is 3. The van der Waals surface area contributed by atoms with Crippen LogP contribution in [0.5, 0.6) is 0 Å². The van der Waals surface area contributed by atoms with Gasteiger partial charge in [0.1, 0.15) is 12.2 Å². The number of aliphatic carboxylic acids is 1. The number of esters is 1. The number of amides is 1. The number of nitrogens with zero attached hydrogens (tertiary/aromatic N) is 1. The number of ether oxygens (including phenoxy) is 2. The van der Waals surface area contributed by atoms with E-state index in [-0.39, 0.29) is 12.5 Å². The van der Waals surface area contributed by atoms with E-state index in [0.29, 0.717) is 13.0 Å². The third kappa shape index (κ3) is 2.79. The lowest BCUT2D eigenvalue weighted by Gasteiger charge is -2.43. The topological polar surface area (TPSA) is 93.1 Å². The first-order valence-corrected chi connectivity index (χ1v) is 5.52. The number of β-lactam (4-membered cyclic amide) rings is 1. The monoisotopic (exact) mass is 259 g/mol. The van der Waals surface area contributed by atoms with Gasteiger partial charge in [-0.2, -0.15) is 0 Å². The normalized spacial score (nSPS) is 19.7. The van der Waals surface area contributed by atoms with Crippen LogP contribution in [0.25, 0.3) is 0 Å². The standard InChI is InChI=1S/C11H17NO6/c1-7(13)18-6-11(2,17-3)9(10(15)16)12-5-4-8(12)14/h9H,4-6H2,1-3H3,(H,15,16)/t9?,11-/m1/s1. The van der Waals surface area contributed by atoms with Crippen molar-refractivity contribution in [3.8, 4) is 0 Å². The maximum atomic E-state index is 11.4. The van der Waals surface area contributed by atoms with Crippen LogP contribution >= 0.6 is 0 Å². The minimum atomic E-state index is -1.27. The average molecular weight is 259 g/mol. The summed E-state index contributed by atoms with van der Waals surface area (Å²) in [5.41, 5.74) is -1.27. The maximum Gasteiger partial charge on any atom is 0.329 e. The largest absolute Gasteiger partial charge is 0.480 e. The molecule has 1 aliphatic rings. The highest BCUT2D eigenvalue weighted by molar-refractivity contribution is 5.88. The third-order valence-electron chi connectivity index (χ3n) is 3.04. The van der Waals surface area contributed by atoms with E-state index in [9.17, 15) is 19.5 Å². The molecule has 1 amide bonds. The number of carboxylic acids is 1. The van der Waals surface area contributed by atoms with Crippen molar-refractivity contribution in [2.24, 2.45) is 0 Å². The zero-order chi connectivity index (χ0) is 13.9. The molecule has 1 fully saturated rings. The maximum absolute atomic E-state index is 11.4. The molecule has 0 radical (unpaired) electrons. The molecule has 18 heavy (non-hydrogen) atoms. The molecule has 1 unspecified atom stereocenters. The minimum absolute atomic E-state index is 0.223. The van der Waals surface area contributed by atoms with Crippen LogP contribution in [0.15, 0.2) is 0 Å². The van der Waals surface area contributed by atoms with Crippen LogP contribution in [0.3, 0.4) is 0 Å². The van der Waals surface area contributed by atoms with Crippen LogP contribution in [0.1, 0.15) is 20.3 Å². The predicted octanol–water partition coefficient (Wildman–Crippen LogP) is -0.360. The van der Waals surface area contributed by atoms with E-state index in [2.05, 4.69) is 0 Å². The van der Waals surface area contributed by atoms with Crippen molar-refractivity contribution in [3.63, 3.8) is 0 Å². The van der Waals surface area contributed by atoms with Gasteiger partial charge in [-0.25, -0.2) is 4.79 Å². The van der Waals surface area contributed by atoms with E-state index in [1.807, 2.05) is 0 Å². The molecule has 1 aliphatic heterocycles. The summed E-state index contributed by atoms with van der Waals surface area (Å²) in [5, 5.41) is 9.24. The molecule has 0 aromatic heterocycles. The van der Waals surface area contributed by atoms with Gasteiger partial charge in [0.05, 0.1) is 0 Å². The fraction of sp³-hybridized carbons (Fsp3) is 0.727. The Balaban J connectivity index is 2.88. The Morgan fingerprint density at radius 1 is 1.56 bits per heavy atom. The summed E-state index contributed by atoms with van der Waals surface area (Å²) in [4.78, 5) is 34.7. The number of rotatable bonds is 6. The van der Waals surface area contributed by atoms with Gasteiger partial charge >= 0.3 is 11.9 Å². The molecule has 0 spiro atoms. The molecule has 1 saturated heterocycles. The molecule has 0 aliphatic carbocycles. The van der Waals surface area contributed by atoms with Gasteiger partial charge in [0.25, 0.3) is 0 Å². The molecule has 1 rings (SSSR count). The Bertz CT molecular complexity index is 369. The molecule has 2 atom stereocenters. The summed E-state index contributed by atoms with van der Waals surface area (Å²) in [5.74, 6) is -1.95. The molecule has 7 nitrogen and oxygen atoms in total. The Morgan fingerprint density at radius 2 is 2.17 bits per heavy atom. The summed E-state index contributed by atoms with van der Waals surface area (Å²) in [6.07, 6.45) is 0.330. The van der Waals surface area contributed by atoms with Crippen molar-refractivity contribution in [2.45, 2.75) is 31.9 Å². The molecule has 0 aromatic rings. The molecule has 0 aromatic carbocycles. The van der Waals surface area contributed by atoms with Crippen molar-refractivity contribution in [1.29, 1.82) is 0 Å². The minimum Gasteiger partial charge on any atom is -0.480 e. The fourth-order valence-electron chi connectivity index (χ4n) is 1.82. The Hall–Kier alpha value is -1.63. The number of hydrogen-bond donors (Lipinski definition) is 1. The first-order chi connectivity index (χ1) is 8.31. The van der Waals surface area contributed by atoms with Crippen LogP contribution in [0.2, 0.25) is 0 Å². The Labute approximate surface area is 105 Å². The van der Waals surface area contributed by atoms with Crippen LogP contribution < -0.4 is 0 Å². The highest BCUT2D eigenvalue weighted by atomic mass is 16.6. The van der Waals surface area contributed by atoms with E-state index in [1.54, 1.807) is 0 Å². The second kappa shape index (κ2) is 5.34. The van der Waals surface area contributed by atoms with Gasteiger partial charge in [-0.3, -0.25) is 9.59 Å². The number of carbonyl (C=O) groups excluding carboxylic acids is 2. The van der Waals surface area contributed by atoms with Gasteiger partial charge in [-0.1, -0.05) is 0 Å². The summed E-state index contributed by atoms with van der Waals surface area (Å²) in [7, 11) is 1.32. The lowest BCUT2D eigenvalue weighted by Crippen LogP contribution is -2.64. The lowest BCUT2D eigenvalue weighted by atomic mass is 9.92. The molecular formula is C11H17NO6. The van der Waals surface area contributed by atoms with Gasteiger partial charge in [-0.05, 0) is 6.92 Å². The van der Waals surface area contributed by atoms with Crippen molar-refractivity contribution in [2.75, 3.05) is 20.3 Å². The molecule has 0 bridgehead atoms.